The Kier molecular flexibility index (Phi) is 72.2. The minimum absolute atomic E-state index is 0.108. The Bertz CT molecular complexity index is 1940. The third-order valence-corrected chi connectivity index (χ3v) is 21.1. The van der Waals surface area contributed by atoms with Crippen LogP contribution in [0.15, 0.2) is 0 Å². The molecule has 0 bridgehead atoms. The molecule has 19 heteroatoms. The first-order valence-corrected chi connectivity index (χ1v) is 45.5. The molecule has 0 spiro atoms. The molecule has 0 aliphatic heterocycles. The highest BCUT2D eigenvalue weighted by atomic mass is 31.2. The van der Waals surface area contributed by atoms with E-state index in [0.717, 1.165) is 102 Å². The summed E-state index contributed by atoms with van der Waals surface area (Å²) in [5.74, 6) is -0.527. The zero-order valence-electron chi connectivity index (χ0n) is 66.2. The van der Waals surface area contributed by atoms with Gasteiger partial charge in [0.2, 0.25) is 0 Å². The van der Waals surface area contributed by atoms with Crippen molar-refractivity contribution in [2.75, 3.05) is 39.6 Å². The van der Waals surface area contributed by atoms with Gasteiger partial charge in [-0.25, -0.2) is 9.13 Å². The molecule has 0 aromatic heterocycles. The Labute approximate surface area is 619 Å². The maximum Gasteiger partial charge on any atom is 0.472 e. The largest absolute Gasteiger partial charge is 0.472 e. The first-order chi connectivity index (χ1) is 48.9. The van der Waals surface area contributed by atoms with E-state index in [0.29, 0.717) is 25.7 Å². The van der Waals surface area contributed by atoms with Gasteiger partial charge in [0, 0.05) is 25.7 Å². The number of ether oxygens (including phenoxy) is 4. The summed E-state index contributed by atoms with van der Waals surface area (Å²) in [4.78, 5) is 73.1. The zero-order valence-corrected chi connectivity index (χ0v) is 68.0. The van der Waals surface area contributed by atoms with Crippen LogP contribution in [0.2, 0.25) is 0 Å². The summed E-state index contributed by atoms with van der Waals surface area (Å²) in [5, 5.41) is 10.7. The van der Waals surface area contributed by atoms with Crippen molar-refractivity contribution in [3.63, 3.8) is 0 Å². The van der Waals surface area contributed by atoms with E-state index in [9.17, 15) is 43.2 Å². The number of phosphoric ester groups is 2. The second-order valence-electron chi connectivity index (χ2n) is 30.5. The zero-order chi connectivity index (χ0) is 74.2. The Balaban J connectivity index is 5.25. The molecule has 0 fully saturated rings. The number of unbranched alkanes of at least 4 members (excludes halogenated alkanes) is 51. The van der Waals surface area contributed by atoms with Gasteiger partial charge in [0.05, 0.1) is 26.4 Å². The molecule has 0 aromatic carbocycles. The lowest BCUT2D eigenvalue weighted by Gasteiger charge is -2.21. The summed E-state index contributed by atoms with van der Waals surface area (Å²) >= 11 is 0. The van der Waals surface area contributed by atoms with Crippen LogP contribution in [0.1, 0.15) is 433 Å². The first kappa shape index (κ1) is 99.1. The Hall–Kier alpha value is -1.94. The van der Waals surface area contributed by atoms with Crippen LogP contribution in [0.25, 0.3) is 0 Å². The molecule has 17 nitrogen and oxygen atoms in total. The molecule has 0 aliphatic rings. The molecule has 5 atom stereocenters. The van der Waals surface area contributed by atoms with Crippen LogP contribution < -0.4 is 0 Å². The average Bonchev–Trinajstić information content (AvgIpc) is 0.964. The molecule has 0 aromatic rings. The number of hydrogen-bond donors (Lipinski definition) is 3. The van der Waals surface area contributed by atoms with Crippen molar-refractivity contribution in [3.05, 3.63) is 0 Å². The minimum atomic E-state index is -4.96. The summed E-state index contributed by atoms with van der Waals surface area (Å²) < 4.78 is 68.8. The average molecular weight is 1480 g/mol. The third-order valence-electron chi connectivity index (χ3n) is 19.2. The van der Waals surface area contributed by atoms with E-state index in [1.165, 1.54) is 250 Å². The molecule has 3 N–H and O–H groups in total. The van der Waals surface area contributed by atoms with Crippen LogP contribution in [-0.2, 0) is 65.4 Å². The van der Waals surface area contributed by atoms with Gasteiger partial charge in [-0.05, 0) is 37.5 Å². The van der Waals surface area contributed by atoms with Crippen molar-refractivity contribution in [1.29, 1.82) is 0 Å². The second-order valence-corrected chi connectivity index (χ2v) is 33.4. The van der Waals surface area contributed by atoms with E-state index < -0.39 is 97.5 Å². The van der Waals surface area contributed by atoms with Gasteiger partial charge >= 0.3 is 39.5 Å². The van der Waals surface area contributed by atoms with Crippen molar-refractivity contribution in [3.8, 4) is 0 Å². The molecular formula is C82H160O17P2. The van der Waals surface area contributed by atoms with Crippen molar-refractivity contribution < 1.29 is 80.2 Å². The molecule has 0 heterocycles. The SMILES string of the molecule is CCCCCCCCCCCCCCCCCCCCC(=O)O[C@H](COC(=O)CCCCCCCCCCCCCCCC(C)C)COP(=O)(O)OC[C@@H](O)COP(=O)(O)OC[C@@H](COC(=O)CCCCCCCCCCCCC)OC(=O)CCCCCCCCCCCCCCCC(C)C. The molecule has 0 saturated heterocycles. The van der Waals surface area contributed by atoms with Crippen molar-refractivity contribution in [2.24, 2.45) is 11.8 Å². The highest BCUT2D eigenvalue weighted by Crippen LogP contribution is 2.45. The van der Waals surface area contributed by atoms with Crippen molar-refractivity contribution in [2.45, 2.75) is 452 Å². The number of rotatable bonds is 81. The van der Waals surface area contributed by atoms with E-state index in [4.69, 9.17) is 37.0 Å². The molecule has 101 heavy (non-hydrogen) atoms. The number of aliphatic hydroxyl groups excluding tert-OH is 1. The molecule has 0 aliphatic carbocycles. The molecule has 0 radical (unpaired) electrons. The monoisotopic (exact) mass is 1480 g/mol. The van der Waals surface area contributed by atoms with Crippen LogP contribution >= 0.6 is 15.6 Å². The lowest BCUT2D eigenvalue weighted by molar-refractivity contribution is -0.161. The summed E-state index contributed by atoms with van der Waals surface area (Å²) in [6.07, 6.45) is 63.7. The second kappa shape index (κ2) is 73.6. The number of carbonyl (C=O) groups is 4. The molecule has 0 saturated carbocycles. The lowest BCUT2D eigenvalue weighted by Crippen LogP contribution is -2.30. The maximum absolute atomic E-state index is 13.1. The van der Waals surface area contributed by atoms with Gasteiger partial charge in [-0.2, -0.15) is 0 Å². The topological polar surface area (TPSA) is 237 Å². The van der Waals surface area contributed by atoms with Gasteiger partial charge in [-0.15, -0.1) is 0 Å². The van der Waals surface area contributed by atoms with Crippen LogP contribution in [0, 0.1) is 11.8 Å². The molecular weight excluding hydrogens is 1320 g/mol. The fourth-order valence-corrected chi connectivity index (χ4v) is 14.3. The van der Waals surface area contributed by atoms with Crippen LogP contribution in [-0.4, -0.2) is 96.7 Å². The Morgan fingerprint density at radius 3 is 0.673 bits per heavy atom. The summed E-state index contributed by atoms with van der Waals surface area (Å²) in [6.45, 7) is 9.68. The lowest BCUT2D eigenvalue weighted by atomic mass is 10.0. The summed E-state index contributed by atoms with van der Waals surface area (Å²) in [6, 6.07) is 0. The molecule has 2 unspecified atom stereocenters. The minimum Gasteiger partial charge on any atom is -0.462 e. The first-order valence-electron chi connectivity index (χ1n) is 42.5. The van der Waals surface area contributed by atoms with E-state index in [-0.39, 0.29) is 25.7 Å². The van der Waals surface area contributed by atoms with Gasteiger partial charge in [0.1, 0.15) is 19.3 Å². The highest BCUT2D eigenvalue weighted by Gasteiger charge is 2.30. The number of carbonyl (C=O) groups excluding carboxylic acids is 4. The summed E-state index contributed by atoms with van der Waals surface area (Å²) in [5.41, 5.74) is 0. The highest BCUT2D eigenvalue weighted by molar-refractivity contribution is 7.47. The third kappa shape index (κ3) is 76.1. The standard InChI is InChI=1S/C82H160O17P2/c1-7-9-11-13-15-17-19-20-21-22-23-24-29-36-42-48-54-60-66-81(86)99-78(71-93-80(85)65-59-53-47-41-35-30-25-27-33-38-44-50-56-62-74(3)4)73-97-101(90,91)95-69-76(83)68-94-100(88,89)96-72-77(70-92-79(84)64-58-52-46-40-32-18-16-14-12-10-8-2)98-82(87)67-61-55-49-43-37-31-26-28-34-39-45-51-57-63-75(5)6/h74-78,83H,7-73H2,1-6H3,(H,88,89)(H,90,91)/t76-,77+,78+/m0/s1. The molecule has 600 valence electrons. The maximum atomic E-state index is 13.1. The van der Waals surface area contributed by atoms with E-state index in [1.807, 2.05) is 0 Å². The van der Waals surface area contributed by atoms with Crippen molar-refractivity contribution >= 4 is 39.5 Å². The number of phosphoric acid groups is 2. The predicted molar refractivity (Wildman–Crippen MR) is 414 cm³/mol. The normalized spacial score (nSPS) is 13.9. The fraction of sp³-hybridized carbons (Fsp3) is 0.951. The van der Waals surface area contributed by atoms with Gasteiger partial charge in [-0.1, -0.05) is 382 Å². The van der Waals surface area contributed by atoms with E-state index in [1.54, 1.807) is 0 Å². The number of hydrogen-bond acceptors (Lipinski definition) is 15. The van der Waals surface area contributed by atoms with E-state index >= 15 is 0 Å². The number of esters is 4. The van der Waals surface area contributed by atoms with Gasteiger partial charge in [0.15, 0.2) is 12.2 Å². The predicted octanol–water partition coefficient (Wildman–Crippen LogP) is 24.7. The summed E-state index contributed by atoms with van der Waals surface area (Å²) in [7, 11) is -9.92. The van der Waals surface area contributed by atoms with Gasteiger partial charge in [0.25, 0.3) is 0 Å². The van der Waals surface area contributed by atoms with Gasteiger partial charge < -0.3 is 33.8 Å². The Morgan fingerprint density at radius 2 is 0.455 bits per heavy atom. The van der Waals surface area contributed by atoms with Gasteiger partial charge in [-0.3, -0.25) is 37.3 Å². The smallest absolute Gasteiger partial charge is 0.462 e. The van der Waals surface area contributed by atoms with Crippen LogP contribution in [0.3, 0.4) is 0 Å². The number of aliphatic hydroxyl groups is 1. The van der Waals surface area contributed by atoms with Crippen LogP contribution in [0.4, 0.5) is 0 Å². The Morgan fingerprint density at radius 1 is 0.267 bits per heavy atom. The van der Waals surface area contributed by atoms with E-state index in [2.05, 4.69) is 41.5 Å². The molecule has 0 rings (SSSR count). The van der Waals surface area contributed by atoms with Crippen LogP contribution in [0.5, 0.6) is 0 Å². The fourth-order valence-electron chi connectivity index (χ4n) is 12.7. The van der Waals surface area contributed by atoms with Crippen molar-refractivity contribution in [1.82, 2.24) is 0 Å². The quantitative estimate of drug-likeness (QED) is 0.0222. The molecule has 0 amide bonds.